The zero-order valence-corrected chi connectivity index (χ0v) is 14.1. The molecule has 1 atom stereocenters. The van der Waals surface area contributed by atoms with Crippen molar-refractivity contribution >= 4 is 17.5 Å². The lowest BCUT2D eigenvalue weighted by Gasteiger charge is -2.18. The van der Waals surface area contributed by atoms with Gasteiger partial charge >= 0.3 is 0 Å². The Hall–Kier alpha value is -2.82. The quantitative estimate of drug-likeness (QED) is 0.854. The molecule has 0 saturated carbocycles. The molecule has 0 saturated heterocycles. The Kier molecular flexibility index (Phi) is 5.58. The fourth-order valence-corrected chi connectivity index (χ4v) is 2.37. The van der Waals surface area contributed by atoms with Gasteiger partial charge in [0.2, 0.25) is 0 Å². The molecule has 3 N–H and O–H groups in total. The number of carbonyl (C=O) groups excluding carboxylic acids is 2. The van der Waals surface area contributed by atoms with Gasteiger partial charge in [0.05, 0.1) is 5.56 Å². The number of rotatable bonds is 6. The number of anilines is 1. The molecule has 2 aromatic carbocycles. The molecule has 0 fully saturated rings. The Morgan fingerprint density at radius 1 is 1.00 bits per heavy atom. The number of primary amides is 1. The van der Waals surface area contributed by atoms with Crippen LogP contribution in [-0.4, -0.2) is 17.9 Å². The van der Waals surface area contributed by atoms with Crippen molar-refractivity contribution in [3.05, 3.63) is 59.7 Å². The number of nitrogens with one attached hydrogen (secondary N) is 1. The second kappa shape index (κ2) is 7.64. The van der Waals surface area contributed by atoms with Crippen LogP contribution in [0.15, 0.2) is 48.5 Å². The predicted molar refractivity (Wildman–Crippen MR) is 94.2 cm³/mol. The van der Waals surface area contributed by atoms with Gasteiger partial charge in [0.25, 0.3) is 11.8 Å². The Labute approximate surface area is 141 Å². The van der Waals surface area contributed by atoms with Crippen LogP contribution in [-0.2, 0) is 4.79 Å². The highest BCUT2D eigenvalue weighted by Gasteiger charge is 2.19. The summed E-state index contributed by atoms with van der Waals surface area (Å²) in [6.07, 6.45) is -0.772. The van der Waals surface area contributed by atoms with Gasteiger partial charge in [-0.15, -0.1) is 0 Å². The fraction of sp³-hybridized carbons (Fsp3) is 0.263. The molecule has 24 heavy (non-hydrogen) atoms. The third kappa shape index (κ3) is 4.13. The summed E-state index contributed by atoms with van der Waals surface area (Å²) in [5, 5.41) is 2.88. The number of carbonyl (C=O) groups is 2. The summed E-state index contributed by atoms with van der Waals surface area (Å²) in [7, 11) is 0. The molecule has 126 valence electrons. The smallest absolute Gasteiger partial charge is 0.265 e. The molecule has 2 amide bonds. The van der Waals surface area contributed by atoms with Gasteiger partial charge in [0, 0.05) is 5.69 Å². The zero-order valence-electron chi connectivity index (χ0n) is 14.1. The van der Waals surface area contributed by atoms with Crippen LogP contribution in [0, 0.1) is 0 Å². The molecule has 2 rings (SSSR count). The first-order valence-corrected chi connectivity index (χ1v) is 7.85. The Morgan fingerprint density at radius 2 is 1.62 bits per heavy atom. The van der Waals surface area contributed by atoms with Crippen molar-refractivity contribution in [2.75, 3.05) is 5.32 Å². The van der Waals surface area contributed by atoms with Crippen molar-refractivity contribution in [1.82, 2.24) is 0 Å². The van der Waals surface area contributed by atoms with E-state index in [4.69, 9.17) is 10.5 Å². The lowest BCUT2D eigenvalue weighted by molar-refractivity contribution is -0.122. The summed E-state index contributed by atoms with van der Waals surface area (Å²) < 4.78 is 5.63. The third-order valence-electron chi connectivity index (χ3n) is 3.67. The minimum atomic E-state index is -0.772. The van der Waals surface area contributed by atoms with Crippen LogP contribution in [0.4, 0.5) is 5.69 Å². The average molecular weight is 326 g/mol. The van der Waals surface area contributed by atoms with Crippen LogP contribution in [0.3, 0.4) is 0 Å². The van der Waals surface area contributed by atoms with Crippen LogP contribution < -0.4 is 15.8 Å². The monoisotopic (exact) mass is 326 g/mol. The first kappa shape index (κ1) is 17.5. The van der Waals surface area contributed by atoms with E-state index in [2.05, 4.69) is 19.2 Å². The molecule has 0 aromatic heterocycles. The largest absolute Gasteiger partial charge is 0.480 e. The number of ether oxygens (including phenoxy) is 1. The summed E-state index contributed by atoms with van der Waals surface area (Å²) >= 11 is 0. The Bertz CT molecular complexity index is 741. The predicted octanol–water partition coefficient (Wildman–Crippen LogP) is 3.31. The van der Waals surface area contributed by atoms with E-state index in [0.717, 1.165) is 11.3 Å². The maximum Gasteiger partial charge on any atom is 0.265 e. The van der Waals surface area contributed by atoms with Gasteiger partial charge in [-0.05, 0) is 36.6 Å². The molecule has 5 heteroatoms. The van der Waals surface area contributed by atoms with Crippen molar-refractivity contribution in [3.63, 3.8) is 0 Å². The molecule has 0 bridgehead atoms. The molecule has 0 aliphatic carbocycles. The molecule has 2 aromatic rings. The Balaban J connectivity index is 2.13. The van der Waals surface area contributed by atoms with Crippen molar-refractivity contribution < 1.29 is 14.3 Å². The normalized spacial score (nSPS) is 11.8. The van der Waals surface area contributed by atoms with Crippen LogP contribution in [0.25, 0.3) is 0 Å². The van der Waals surface area contributed by atoms with Crippen LogP contribution >= 0.6 is 0 Å². The number of amides is 2. The van der Waals surface area contributed by atoms with Crippen molar-refractivity contribution in [1.29, 1.82) is 0 Å². The van der Waals surface area contributed by atoms with Gasteiger partial charge in [-0.3, -0.25) is 9.59 Å². The summed E-state index contributed by atoms with van der Waals surface area (Å²) in [4.78, 5) is 23.8. The van der Waals surface area contributed by atoms with E-state index in [1.807, 2.05) is 24.3 Å². The highest BCUT2D eigenvalue weighted by atomic mass is 16.5. The SMILES string of the molecule is CC(Oc1ccccc1C(N)=O)C(=O)Nc1ccccc1C(C)C. The fourth-order valence-electron chi connectivity index (χ4n) is 2.37. The lowest BCUT2D eigenvalue weighted by Crippen LogP contribution is -2.31. The summed E-state index contributed by atoms with van der Waals surface area (Å²) in [5.41, 5.74) is 7.39. The number of hydrogen-bond donors (Lipinski definition) is 2. The molecule has 0 aliphatic heterocycles. The first-order chi connectivity index (χ1) is 11.4. The molecule has 1 unspecified atom stereocenters. The van der Waals surface area contributed by atoms with Gasteiger partial charge in [0.15, 0.2) is 6.10 Å². The van der Waals surface area contributed by atoms with Crippen LogP contribution in [0.1, 0.15) is 42.6 Å². The van der Waals surface area contributed by atoms with E-state index < -0.39 is 12.0 Å². The molecular formula is C19H22N2O3. The van der Waals surface area contributed by atoms with Gasteiger partial charge in [-0.1, -0.05) is 44.2 Å². The zero-order chi connectivity index (χ0) is 17.7. The maximum absolute atomic E-state index is 12.4. The van der Waals surface area contributed by atoms with Gasteiger partial charge in [-0.25, -0.2) is 0 Å². The number of nitrogens with two attached hydrogens (primary N) is 1. The molecule has 0 radical (unpaired) electrons. The van der Waals surface area contributed by atoms with E-state index in [1.165, 1.54) is 0 Å². The maximum atomic E-state index is 12.4. The Morgan fingerprint density at radius 3 is 2.29 bits per heavy atom. The van der Waals surface area contributed by atoms with Crippen molar-refractivity contribution in [2.45, 2.75) is 32.8 Å². The standard InChI is InChI=1S/C19H22N2O3/c1-12(2)14-8-4-6-10-16(14)21-19(23)13(3)24-17-11-7-5-9-15(17)18(20)22/h4-13H,1-3H3,(H2,20,22)(H,21,23). The molecule has 5 nitrogen and oxygen atoms in total. The number of benzene rings is 2. The minimum Gasteiger partial charge on any atom is -0.480 e. The first-order valence-electron chi connectivity index (χ1n) is 7.85. The number of hydrogen-bond acceptors (Lipinski definition) is 3. The summed E-state index contributed by atoms with van der Waals surface area (Å²) in [6, 6.07) is 14.2. The summed E-state index contributed by atoms with van der Waals surface area (Å²) in [6.45, 7) is 5.76. The second-order valence-corrected chi connectivity index (χ2v) is 5.85. The molecule has 0 aliphatic rings. The topological polar surface area (TPSA) is 81.4 Å². The van der Waals surface area contributed by atoms with Crippen molar-refractivity contribution in [2.24, 2.45) is 5.73 Å². The second-order valence-electron chi connectivity index (χ2n) is 5.85. The van der Waals surface area contributed by atoms with Crippen molar-refractivity contribution in [3.8, 4) is 5.75 Å². The lowest BCUT2D eigenvalue weighted by atomic mass is 10.0. The van der Waals surface area contributed by atoms with E-state index in [9.17, 15) is 9.59 Å². The average Bonchev–Trinajstić information content (AvgIpc) is 2.55. The molecule has 0 spiro atoms. The third-order valence-corrected chi connectivity index (χ3v) is 3.67. The number of para-hydroxylation sites is 2. The molecule has 0 heterocycles. The van der Waals surface area contributed by atoms with Gasteiger partial charge in [0.1, 0.15) is 5.75 Å². The molecular weight excluding hydrogens is 304 g/mol. The highest BCUT2D eigenvalue weighted by molar-refractivity contribution is 5.97. The highest BCUT2D eigenvalue weighted by Crippen LogP contribution is 2.24. The van der Waals surface area contributed by atoms with E-state index in [0.29, 0.717) is 5.75 Å². The van der Waals surface area contributed by atoms with E-state index in [-0.39, 0.29) is 17.4 Å². The van der Waals surface area contributed by atoms with E-state index >= 15 is 0 Å². The summed E-state index contributed by atoms with van der Waals surface area (Å²) in [5.74, 6) is -0.302. The van der Waals surface area contributed by atoms with Gasteiger partial charge in [-0.2, -0.15) is 0 Å². The van der Waals surface area contributed by atoms with Gasteiger partial charge < -0.3 is 15.8 Å². The van der Waals surface area contributed by atoms with Crippen LogP contribution in [0.2, 0.25) is 0 Å². The van der Waals surface area contributed by atoms with Crippen LogP contribution in [0.5, 0.6) is 5.75 Å². The van der Waals surface area contributed by atoms with E-state index in [1.54, 1.807) is 31.2 Å². The minimum absolute atomic E-state index is 0.250.